The van der Waals surface area contributed by atoms with Crippen LogP contribution in [0.2, 0.25) is 0 Å². The third kappa shape index (κ3) is 5.32. The van der Waals surface area contributed by atoms with E-state index in [2.05, 4.69) is 22.2 Å². The van der Waals surface area contributed by atoms with Gasteiger partial charge in [-0.05, 0) is 43.0 Å². The van der Waals surface area contributed by atoms with Gasteiger partial charge in [-0.1, -0.05) is 6.92 Å². The zero-order valence-electron chi connectivity index (χ0n) is 15.9. The molecule has 0 bridgehead atoms. The number of carbonyl (C=O) groups excluding carboxylic acids is 1. The third-order valence-corrected chi connectivity index (χ3v) is 4.69. The highest BCUT2D eigenvalue weighted by molar-refractivity contribution is 5.92. The van der Waals surface area contributed by atoms with Gasteiger partial charge in [0.2, 0.25) is 0 Å². The molecule has 0 atom stereocenters. The number of nitrogens with zero attached hydrogens (tertiary/aromatic N) is 3. The first kappa shape index (κ1) is 18.9. The van der Waals surface area contributed by atoms with E-state index in [4.69, 9.17) is 9.47 Å². The average molecular weight is 370 g/mol. The van der Waals surface area contributed by atoms with E-state index in [-0.39, 0.29) is 5.91 Å². The summed E-state index contributed by atoms with van der Waals surface area (Å²) in [7, 11) is 1.63. The summed E-state index contributed by atoms with van der Waals surface area (Å²) < 4.78 is 10.8. The quantitative estimate of drug-likeness (QED) is 0.755. The summed E-state index contributed by atoms with van der Waals surface area (Å²) in [6, 6.07) is 9.13. The maximum absolute atomic E-state index is 12.6. The summed E-state index contributed by atoms with van der Waals surface area (Å²) in [5.74, 6) is 2.85. The number of anilines is 1. The lowest BCUT2D eigenvalue weighted by Crippen LogP contribution is -2.38. The number of piperidine rings is 1. The summed E-state index contributed by atoms with van der Waals surface area (Å²) in [6.45, 7) is 4.86. The largest absolute Gasteiger partial charge is 0.497 e. The fourth-order valence-corrected chi connectivity index (χ4v) is 2.96. The van der Waals surface area contributed by atoms with Crippen LogP contribution < -0.4 is 14.8 Å². The van der Waals surface area contributed by atoms with Gasteiger partial charge >= 0.3 is 0 Å². The first-order valence-corrected chi connectivity index (χ1v) is 9.28. The van der Waals surface area contributed by atoms with Gasteiger partial charge in [0.05, 0.1) is 13.7 Å². The van der Waals surface area contributed by atoms with Crippen molar-refractivity contribution in [3.05, 3.63) is 42.4 Å². The fraction of sp³-hybridized carbons (Fsp3) is 0.450. The normalized spacial score (nSPS) is 14.7. The third-order valence-electron chi connectivity index (χ3n) is 4.69. The summed E-state index contributed by atoms with van der Waals surface area (Å²) in [5.41, 5.74) is 0.429. The standard InChI is InChI=1S/C20H26N4O3/c1-15-7-10-24(11-8-15)20(25)18-13-19(23-14-22-18)21-9-12-27-17-5-3-16(26-2)4-6-17/h3-6,13-15H,7-12H2,1-2H3,(H,21,22,23). The number of ether oxygens (including phenoxy) is 2. The van der Waals surface area contributed by atoms with Crippen molar-refractivity contribution in [2.45, 2.75) is 19.8 Å². The van der Waals surface area contributed by atoms with Crippen LogP contribution >= 0.6 is 0 Å². The Morgan fingerprint density at radius 1 is 1.19 bits per heavy atom. The van der Waals surface area contributed by atoms with Crippen LogP contribution in [0.25, 0.3) is 0 Å². The lowest BCUT2D eigenvalue weighted by Gasteiger charge is -2.30. The molecule has 2 heterocycles. The van der Waals surface area contributed by atoms with Gasteiger partial charge in [0.1, 0.15) is 35.9 Å². The van der Waals surface area contributed by atoms with Gasteiger partial charge in [0.15, 0.2) is 0 Å². The molecule has 0 unspecified atom stereocenters. The van der Waals surface area contributed by atoms with Gasteiger partial charge in [-0.15, -0.1) is 0 Å². The Kier molecular flexibility index (Phi) is 6.46. The highest BCUT2D eigenvalue weighted by atomic mass is 16.5. The average Bonchev–Trinajstić information content (AvgIpc) is 2.72. The van der Waals surface area contributed by atoms with Crippen molar-refractivity contribution >= 4 is 11.7 Å². The number of likely N-dealkylation sites (tertiary alicyclic amines) is 1. The Bertz CT molecular complexity index is 743. The van der Waals surface area contributed by atoms with E-state index >= 15 is 0 Å². The van der Waals surface area contributed by atoms with Crippen LogP contribution in [-0.2, 0) is 0 Å². The van der Waals surface area contributed by atoms with E-state index in [0.29, 0.717) is 30.6 Å². The molecule has 1 saturated heterocycles. The summed E-state index contributed by atoms with van der Waals surface area (Å²) in [4.78, 5) is 22.8. The molecule has 27 heavy (non-hydrogen) atoms. The van der Waals surface area contributed by atoms with E-state index in [9.17, 15) is 4.79 Å². The number of rotatable bonds is 7. The molecule has 1 aromatic heterocycles. The molecule has 2 aromatic rings. The van der Waals surface area contributed by atoms with Crippen molar-refractivity contribution in [2.75, 3.05) is 38.7 Å². The number of amides is 1. The second kappa shape index (κ2) is 9.21. The molecule has 1 N–H and O–H groups in total. The van der Waals surface area contributed by atoms with Crippen LogP contribution in [-0.4, -0.2) is 54.1 Å². The SMILES string of the molecule is COc1ccc(OCCNc2cc(C(=O)N3CCC(C)CC3)ncn2)cc1. The Balaban J connectivity index is 1.47. The van der Waals surface area contributed by atoms with Gasteiger partial charge in [-0.3, -0.25) is 4.79 Å². The molecule has 0 spiro atoms. The van der Waals surface area contributed by atoms with Crippen LogP contribution in [0.3, 0.4) is 0 Å². The van der Waals surface area contributed by atoms with E-state index in [1.54, 1.807) is 13.2 Å². The molecule has 0 radical (unpaired) electrons. The van der Waals surface area contributed by atoms with Crippen molar-refractivity contribution in [3.63, 3.8) is 0 Å². The molecule has 1 aromatic carbocycles. The molecule has 0 saturated carbocycles. The van der Waals surface area contributed by atoms with E-state index in [1.165, 1.54) is 6.33 Å². The number of nitrogens with one attached hydrogen (secondary N) is 1. The lowest BCUT2D eigenvalue weighted by molar-refractivity contribution is 0.0691. The Morgan fingerprint density at radius 3 is 2.59 bits per heavy atom. The van der Waals surface area contributed by atoms with Gasteiger partial charge in [-0.2, -0.15) is 0 Å². The zero-order chi connectivity index (χ0) is 19.1. The Morgan fingerprint density at radius 2 is 1.89 bits per heavy atom. The Labute approximate surface area is 159 Å². The van der Waals surface area contributed by atoms with Gasteiger partial charge < -0.3 is 19.7 Å². The smallest absolute Gasteiger partial charge is 0.272 e. The molecule has 7 nitrogen and oxygen atoms in total. The predicted octanol–water partition coefficient (Wildman–Crippen LogP) is 2.85. The van der Waals surface area contributed by atoms with Crippen LogP contribution in [0.4, 0.5) is 5.82 Å². The Hall–Kier alpha value is -2.83. The molecule has 1 fully saturated rings. The van der Waals surface area contributed by atoms with Gasteiger partial charge in [-0.25, -0.2) is 9.97 Å². The van der Waals surface area contributed by atoms with Crippen molar-refractivity contribution in [2.24, 2.45) is 5.92 Å². The summed E-state index contributed by atoms with van der Waals surface area (Å²) in [6.07, 6.45) is 3.52. The minimum atomic E-state index is -0.0261. The van der Waals surface area contributed by atoms with Crippen molar-refractivity contribution in [1.82, 2.24) is 14.9 Å². The van der Waals surface area contributed by atoms with Crippen LogP contribution in [0.1, 0.15) is 30.3 Å². The minimum absolute atomic E-state index is 0.0261. The summed E-state index contributed by atoms with van der Waals surface area (Å²) >= 11 is 0. The maximum Gasteiger partial charge on any atom is 0.272 e. The predicted molar refractivity (Wildman–Crippen MR) is 103 cm³/mol. The van der Waals surface area contributed by atoms with Crippen molar-refractivity contribution in [1.29, 1.82) is 0 Å². The molecule has 1 aliphatic heterocycles. The van der Waals surface area contributed by atoms with Gasteiger partial charge in [0, 0.05) is 19.2 Å². The highest BCUT2D eigenvalue weighted by Gasteiger charge is 2.22. The van der Waals surface area contributed by atoms with Crippen LogP contribution in [0.5, 0.6) is 11.5 Å². The molecule has 144 valence electrons. The highest BCUT2D eigenvalue weighted by Crippen LogP contribution is 2.18. The maximum atomic E-state index is 12.6. The fourth-order valence-electron chi connectivity index (χ4n) is 2.96. The monoisotopic (exact) mass is 370 g/mol. The second-order valence-corrected chi connectivity index (χ2v) is 6.71. The number of benzene rings is 1. The molecule has 7 heteroatoms. The van der Waals surface area contributed by atoms with Crippen LogP contribution in [0, 0.1) is 5.92 Å². The number of hydrogen-bond donors (Lipinski definition) is 1. The first-order chi connectivity index (χ1) is 13.2. The molecule has 1 aliphatic rings. The van der Waals surface area contributed by atoms with Crippen LogP contribution in [0.15, 0.2) is 36.7 Å². The molecule has 1 amide bonds. The minimum Gasteiger partial charge on any atom is -0.497 e. The lowest BCUT2D eigenvalue weighted by atomic mass is 9.99. The number of carbonyl (C=O) groups is 1. The molecule has 0 aliphatic carbocycles. The molecule has 3 rings (SSSR count). The van der Waals surface area contributed by atoms with Gasteiger partial charge in [0.25, 0.3) is 5.91 Å². The second-order valence-electron chi connectivity index (χ2n) is 6.71. The number of hydrogen-bond acceptors (Lipinski definition) is 6. The molecular weight excluding hydrogens is 344 g/mol. The zero-order valence-corrected chi connectivity index (χ0v) is 15.9. The van der Waals surface area contributed by atoms with E-state index < -0.39 is 0 Å². The number of methoxy groups -OCH3 is 1. The first-order valence-electron chi connectivity index (χ1n) is 9.28. The van der Waals surface area contributed by atoms with E-state index in [1.807, 2.05) is 29.2 Å². The van der Waals surface area contributed by atoms with Crippen molar-refractivity contribution in [3.8, 4) is 11.5 Å². The number of aromatic nitrogens is 2. The topological polar surface area (TPSA) is 76.6 Å². The molecular formula is C20H26N4O3. The van der Waals surface area contributed by atoms with Crippen molar-refractivity contribution < 1.29 is 14.3 Å². The summed E-state index contributed by atoms with van der Waals surface area (Å²) in [5, 5.41) is 3.17. The van der Waals surface area contributed by atoms with E-state index in [0.717, 1.165) is 37.4 Å².